The van der Waals surface area contributed by atoms with Crippen LogP contribution < -0.4 is 14.5 Å². The summed E-state index contributed by atoms with van der Waals surface area (Å²) in [6.07, 6.45) is 15.8. The van der Waals surface area contributed by atoms with E-state index in [1.807, 2.05) is 109 Å². The van der Waals surface area contributed by atoms with Crippen molar-refractivity contribution in [1.29, 1.82) is 0 Å². The molecule has 0 bridgehead atoms. The van der Waals surface area contributed by atoms with Crippen molar-refractivity contribution in [3.05, 3.63) is 185 Å². The van der Waals surface area contributed by atoms with E-state index in [-0.39, 0.29) is 0 Å². The van der Waals surface area contributed by atoms with Gasteiger partial charge in [0, 0.05) is 49.3 Å². The lowest BCUT2D eigenvalue weighted by Crippen LogP contribution is -2.21. The fourth-order valence-corrected chi connectivity index (χ4v) is 8.05. The molecule has 0 spiro atoms. The van der Waals surface area contributed by atoms with Crippen molar-refractivity contribution >= 4 is 65.4 Å². The van der Waals surface area contributed by atoms with Gasteiger partial charge in [-0.1, -0.05) is 136 Å². The van der Waals surface area contributed by atoms with Crippen molar-refractivity contribution in [2.24, 2.45) is 0 Å². The Kier molecular flexibility index (Phi) is 10.8. The van der Waals surface area contributed by atoms with Crippen LogP contribution in [0.5, 0.6) is 0 Å². The van der Waals surface area contributed by atoms with Gasteiger partial charge in [0.25, 0.3) is 0 Å². The van der Waals surface area contributed by atoms with Gasteiger partial charge in [0.05, 0.1) is 5.69 Å². The minimum absolute atomic E-state index is 0.505. The average molecular weight is 769 g/mol. The first kappa shape index (κ1) is 37.8. The summed E-state index contributed by atoms with van der Waals surface area (Å²) >= 11 is 1.68. The molecule has 58 heavy (non-hydrogen) atoms. The highest BCUT2D eigenvalue weighted by Crippen LogP contribution is 2.33. The second-order valence-electron chi connectivity index (χ2n) is 13.5. The summed E-state index contributed by atoms with van der Waals surface area (Å²) in [6.45, 7) is 20.7. The molecule has 4 aromatic carbocycles. The largest absolute Gasteiger partial charge is 0.436 e. The number of benzene rings is 4. The molecule has 0 aliphatic rings. The number of fused-ring (bicyclic) bond motifs is 1. The Morgan fingerprint density at radius 1 is 0.672 bits per heavy atom. The van der Waals surface area contributed by atoms with Crippen LogP contribution in [-0.2, 0) is 0 Å². The number of aromatic nitrogens is 5. The van der Waals surface area contributed by atoms with E-state index in [1.54, 1.807) is 23.5 Å². The van der Waals surface area contributed by atoms with Crippen molar-refractivity contribution < 1.29 is 4.42 Å². The Balaban J connectivity index is 1.22. The van der Waals surface area contributed by atoms with Crippen molar-refractivity contribution in [2.75, 3.05) is 0 Å². The summed E-state index contributed by atoms with van der Waals surface area (Å²) in [7, 11) is 2.12. The molecular weight excluding hydrogens is 729 g/mol. The van der Waals surface area contributed by atoms with Gasteiger partial charge in [-0.2, -0.15) is 11.3 Å². The van der Waals surface area contributed by atoms with Gasteiger partial charge in [0.1, 0.15) is 5.52 Å². The molecule has 0 fully saturated rings. The van der Waals surface area contributed by atoms with Gasteiger partial charge in [-0.25, -0.2) is 19.9 Å². The lowest BCUT2D eigenvalue weighted by atomic mass is 9.78. The van der Waals surface area contributed by atoms with Crippen molar-refractivity contribution in [2.45, 2.75) is 13.7 Å². The topological polar surface area (TPSA) is 69.6 Å². The molecule has 6 nitrogen and oxygen atoms in total. The second-order valence-corrected chi connectivity index (χ2v) is 14.6. The van der Waals surface area contributed by atoms with Crippen LogP contribution in [0, 0.1) is 6.92 Å². The summed E-state index contributed by atoms with van der Waals surface area (Å²) in [5.41, 5.74) is 11.0. The average Bonchev–Trinajstić information content (AvgIpc) is 3.92. The van der Waals surface area contributed by atoms with Crippen LogP contribution >= 0.6 is 11.3 Å². The molecule has 8 aromatic rings. The molecule has 0 saturated heterocycles. The summed E-state index contributed by atoms with van der Waals surface area (Å²) in [4.78, 5) is 19.6. The van der Waals surface area contributed by atoms with Crippen LogP contribution in [0.15, 0.2) is 152 Å². The maximum atomic E-state index is 6.40. The fourth-order valence-electron chi connectivity index (χ4n) is 7.10. The zero-order valence-corrected chi connectivity index (χ0v) is 33.2. The molecule has 1 radical (unpaired) electrons. The molecule has 0 N–H and O–H groups in total. The van der Waals surface area contributed by atoms with E-state index in [0.717, 1.165) is 70.5 Å². The third-order valence-electron chi connectivity index (χ3n) is 9.86. The van der Waals surface area contributed by atoms with Gasteiger partial charge in [-0.15, -0.1) is 0 Å². The summed E-state index contributed by atoms with van der Waals surface area (Å²) < 4.78 is 10.8. The summed E-state index contributed by atoms with van der Waals surface area (Å²) in [5.74, 6) is 2.25. The quantitative estimate of drug-likeness (QED) is 0.0915. The molecule has 279 valence electrons. The third-order valence-corrected chi connectivity index (χ3v) is 11.0. The number of nitrogens with zero attached hydrogens (tertiary/aromatic N) is 5. The molecule has 0 atom stereocenters. The molecule has 4 aromatic heterocycles. The standard InChI is InChI=1S/C50H39BN5OS/c1-7-10-25-39-32(4)56(44(9-3)42(39)31-41-33(5)58-46(51-6)40(41)26-11-8-2)38-24-18-23-37(29-38)50-52-43-30-36(27-28-45(43)57-50)49-54-47(34-19-14-12-15-20-34)53-48(55-49)35-21-16-13-17-22-35/h7-31H,1-3,5H2,4,6H3/b25-10-,26-11-,41-31+. The first-order chi connectivity index (χ1) is 28.4. The Labute approximate surface area is 342 Å². The Hall–Kier alpha value is -7.16. The van der Waals surface area contributed by atoms with Crippen LogP contribution in [0.2, 0.25) is 6.82 Å². The Bertz CT molecular complexity index is 2970. The highest BCUT2D eigenvalue weighted by Gasteiger charge is 2.20. The van der Waals surface area contributed by atoms with Crippen LogP contribution in [0.4, 0.5) is 0 Å². The molecule has 8 heteroatoms. The van der Waals surface area contributed by atoms with Gasteiger partial charge < -0.3 is 8.98 Å². The third kappa shape index (κ3) is 7.29. The van der Waals surface area contributed by atoms with E-state index in [4.69, 9.17) is 24.4 Å². The van der Waals surface area contributed by atoms with Crippen LogP contribution in [0.25, 0.3) is 93.3 Å². The lowest BCUT2D eigenvalue weighted by molar-refractivity contribution is 0.620. The maximum absolute atomic E-state index is 6.40. The van der Waals surface area contributed by atoms with Gasteiger partial charge in [0.15, 0.2) is 30.3 Å². The smallest absolute Gasteiger partial charge is 0.227 e. The predicted molar refractivity (Wildman–Crippen MR) is 246 cm³/mol. The molecular formula is C50H39BN5OS. The Morgan fingerprint density at radius 2 is 1.29 bits per heavy atom. The highest BCUT2D eigenvalue weighted by molar-refractivity contribution is 7.20. The van der Waals surface area contributed by atoms with Gasteiger partial charge in [-0.05, 0) is 71.0 Å². The van der Waals surface area contributed by atoms with Crippen molar-refractivity contribution in [3.8, 4) is 51.3 Å². The minimum atomic E-state index is 0.505. The van der Waals surface area contributed by atoms with E-state index in [0.29, 0.717) is 34.5 Å². The van der Waals surface area contributed by atoms with E-state index in [1.165, 1.54) is 0 Å². The van der Waals surface area contributed by atoms with Gasteiger partial charge in [0.2, 0.25) is 5.89 Å². The lowest BCUT2D eigenvalue weighted by Gasteiger charge is -2.11. The highest BCUT2D eigenvalue weighted by atomic mass is 32.1. The monoisotopic (exact) mass is 768 g/mol. The maximum Gasteiger partial charge on any atom is 0.227 e. The molecule has 0 unspecified atom stereocenters. The zero-order chi connectivity index (χ0) is 40.2. The number of hydrogen-bond acceptors (Lipinski definition) is 6. The van der Waals surface area contributed by atoms with Crippen LogP contribution in [0.3, 0.4) is 0 Å². The second kappa shape index (κ2) is 16.5. The summed E-state index contributed by atoms with van der Waals surface area (Å²) in [5, 5.41) is 1.06. The number of allylic oxidation sites excluding steroid dienone is 4. The van der Waals surface area contributed by atoms with E-state index >= 15 is 0 Å². The number of thiophene rings is 1. The molecule has 0 aliphatic carbocycles. The SMILES string of the molecule is C=C/C=C\c1c(/C=c2/c(/C=C\C=C)c([B]C)sc2=C)c(C=C)n(-c2cccc(-c3nc4cc(-c5nc(-c6ccccc6)nc(-c6ccccc6)n5)ccc4o3)c2)c1C. The molecule has 4 heterocycles. The van der Waals surface area contributed by atoms with Gasteiger partial charge >= 0.3 is 0 Å². The molecule has 0 amide bonds. The van der Waals surface area contributed by atoms with Crippen molar-refractivity contribution in [1.82, 2.24) is 24.5 Å². The number of hydrogen-bond donors (Lipinski definition) is 0. The minimum Gasteiger partial charge on any atom is -0.436 e. The van der Waals surface area contributed by atoms with Gasteiger partial charge in [-0.3, -0.25) is 0 Å². The van der Waals surface area contributed by atoms with Crippen molar-refractivity contribution in [3.63, 3.8) is 0 Å². The number of oxazole rings is 1. The van der Waals surface area contributed by atoms with E-state index in [2.05, 4.69) is 82.3 Å². The molecule has 8 rings (SSSR count). The first-order valence-corrected chi connectivity index (χ1v) is 19.7. The number of rotatable bonds is 12. The van der Waals surface area contributed by atoms with Crippen LogP contribution in [-0.4, -0.2) is 31.8 Å². The Morgan fingerprint density at radius 3 is 1.91 bits per heavy atom. The fraction of sp³-hybridized carbons (Fsp3) is 0.0400. The molecule has 0 aliphatic heterocycles. The van der Waals surface area contributed by atoms with E-state index < -0.39 is 0 Å². The zero-order valence-electron chi connectivity index (χ0n) is 32.4. The van der Waals surface area contributed by atoms with Crippen LogP contribution in [0.1, 0.15) is 28.1 Å². The van der Waals surface area contributed by atoms with E-state index in [9.17, 15) is 0 Å². The molecule has 0 saturated carbocycles. The first-order valence-electron chi connectivity index (χ1n) is 18.9. The predicted octanol–water partition coefficient (Wildman–Crippen LogP) is 10.5. The summed E-state index contributed by atoms with van der Waals surface area (Å²) in [6, 6.07) is 34.0. The normalized spacial score (nSPS) is 11.9.